The van der Waals surface area contributed by atoms with Crippen molar-refractivity contribution < 1.29 is 29.1 Å². The van der Waals surface area contributed by atoms with Crippen molar-refractivity contribution in [2.24, 2.45) is 5.92 Å². The predicted molar refractivity (Wildman–Crippen MR) is 191 cm³/mol. The zero-order chi connectivity index (χ0) is 36.0. The molecular weight excluding hydrogens is 634 g/mol. The van der Waals surface area contributed by atoms with Crippen LogP contribution in [0.2, 0.25) is 0 Å². The van der Waals surface area contributed by atoms with Gasteiger partial charge in [0.1, 0.15) is 18.1 Å². The molecule has 0 unspecified atom stereocenters. The molecule has 50 heavy (non-hydrogen) atoms. The van der Waals surface area contributed by atoms with E-state index in [4.69, 9.17) is 0 Å². The number of hydrogen-bond acceptors (Lipinski definition) is 6. The highest BCUT2D eigenvalue weighted by Gasteiger charge is 2.29. The third kappa shape index (κ3) is 11.5. The molecular formula is C39H49N5O6. The summed E-state index contributed by atoms with van der Waals surface area (Å²) in [5.41, 5.74) is 3.61. The van der Waals surface area contributed by atoms with Crippen LogP contribution in [0.15, 0.2) is 78.9 Å². The van der Waals surface area contributed by atoms with Crippen LogP contribution >= 0.6 is 0 Å². The molecule has 266 valence electrons. The number of nitrogens with one attached hydrogen (secondary N) is 4. The molecule has 5 N–H and O–H groups in total. The largest absolute Gasteiger partial charge is 0.392 e. The number of amides is 5. The molecule has 3 atom stereocenters. The fourth-order valence-electron chi connectivity index (χ4n) is 5.77. The van der Waals surface area contributed by atoms with E-state index in [9.17, 15) is 29.1 Å². The molecule has 2 heterocycles. The molecule has 2 aliphatic heterocycles. The zero-order valence-corrected chi connectivity index (χ0v) is 29.1. The summed E-state index contributed by atoms with van der Waals surface area (Å²) in [5.74, 6) is -1.82. The lowest BCUT2D eigenvalue weighted by Crippen LogP contribution is -2.57. The van der Waals surface area contributed by atoms with E-state index in [1.165, 1.54) is 0 Å². The van der Waals surface area contributed by atoms with Crippen LogP contribution in [-0.2, 0) is 45.2 Å². The smallest absolute Gasteiger partial charge is 0.251 e. The highest BCUT2D eigenvalue weighted by Crippen LogP contribution is 2.14. The molecule has 11 heteroatoms. The molecule has 0 spiro atoms. The number of fused-ring (bicyclic) bond motifs is 18. The molecule has 5 amide bonds. The lowest BCUT2D eigenvalue weighted by Gasteiger charge is -2.25. The minimum absolute atomic E-state index is 0.0589. The second-order valence-corrected chi connectivity index (χ2v) is 13.3. The number of hydrogen-bond donors (Lipinski definition) is 5. The Morgan fingerprint density at radius 2 is 1.44 bits per heavy atom. The van der Waals surface area contributed by atoms with Crippen LogP contribution < -0.4 is 21.3 Å². The van der Waals surface area contributed by atoms with Crippen molar-refractivity contribution in [3.63, 3.8) is 0 Å². The Hall–Kier alpha value is -5.03. The number of rotatable bonds is 7. The maximum Gasteiger partial charge on any atom is 0.251 e. The minimum atomic E-state index is -0.985. The van der Waals surface area contributed by atoms with Gasteiger partial charge in [0, 0.05) is 31.6 Å². The molecule has 3 aromatic rings. The Labute approximate surface area is 294 Å². The summed E-state index contributed by atoms with van der Waals surface area (Å²) in [7, 11) is 0. The second kappa shape index (κ2) is 18.7. The van der Waals surface area contributed by atoms with Crippen LogP contribution in [0.5, 0.6) is 0 Å². The number of benzene rings is 3. The van der Waals surface area contributed by atoms with Gasteiger partial charge in [0.15, 0.2) is 0 Å². The first-order valence-electron chi connectivity index (χ1n) is 17.3. The van der Waals surface area contributed by atoms with Crippen molar-refractivity contribution in [1.82, 2.24) is 26.2 Å². The molecule has 0 saturated carbocycles. The molecule has 0 saturated heterocycles. The van der Waals surface area contributed by atoms with Gasteiger partial charge in [0.2, 0.25) is 23.6 Å². The predicted octanol–water partition coefficient (Wildman–Crippen LogP) is 3.04. The van der Waals surface area contributed by atoms with Gasteiger partial charge in [-0.25, -0.2) is 0 Å². The molecule has 0 radical (unpaired) electrons. The van der Waals surface area contributed by atoms with Gasteiger partial charge in [0.25, 0.3) is 5.91 Å². The molecule has 5 rings (SSSR count). The van der Waals surface area contributed by atoms with E-state index in [2.05, 4.69) is 21.3 Å². The molecule has 3 aromatic carbocycles. The third-order valence-electron chi connectivity index (χ3n) is 8.65. The summed E-state index contributed by atoms with van der Waals surface area (Å²) in [6.07, 6.45) is 1.95. The minimum Gasteiger partial charge on any atom is -0.392 e. The standard InChI is InChI=1S/C39H49N5O6/c1-26(2)21-33-38(49)41-27(3)36(47)40-19-7-8-20-44(35(46)23-29-11-13-31(25-45)14-12-29)24-30-15-17-32(18-16-30)37(48)42-34(39(50)43-33)22-28-9-5-4-6-10-28/h4-6,9-18,26-27,33-34,45H,7-8,19-25H2,1-3H3,(H,40,47)(H,41,49)(H,42,48)(H,43,50)/t27-,33+,34-/m1/s1. The third-order valence-corrected chi connectivity index (χ3v) is 8.65. The first kappa shape index (κ1) is 37.8. The van der Waals surface area contributed by atoms with Crippen molar-refractivity contribution in [1.29, 1.82) is 0 Å². The lowest BCUT2D eigenvalue weighted by atomic mass is 10.0. The van der Waals surface area contributed by atoms with Gasteiger partial charge in [-0.2, -0.15) is 0 Å². The summed E-state index contributed by atoms with van der Waals surface area (Å²) in [5, 5.41) is 20.7. The lowest BCUT2D eigenvalue weighted by molar-refractivity contribution is -0.132. The summed E-state index contributed by atoms with van der Waals surface area (Å²) >= 11 is 0. The average Bonchev–Trinajstić information content (AvgIpc) is 3.10. The van der Waals surface area contributed by atoms with Gasteiger partial charge in [0.05, 0.1) is 13.0 Å². The van der Waals surface area contributed by atoms with E-state index >= 15 is 0 Å². The van der Waals surface area contributed by atoms with E-state index in [-0.39, 0.29) is 37.2 Å². The van der Waals surface area contributed by atoms with Crippen molar-refractivity contribution >= 4 is 29.5 Å². The molecule has 0 fully saturated rings. The van der Waals surface area contributed by atoms with Gasteiger partial charge in [-0.05, 0) is 66.5 Å². The van der Waals surface area contributed by atoms with Gasteiger partial charge in [-0.3, -0.25) is 24.0 Å². The Balaban J connectivity index is 1.59. The van der Waals surface area contributed by atoms with Crippen LogP contribution in [0.3, 0.4) is 0 Å². The first-order valence-corrected chi connectivity index (χ1v) is 17.3. The van der Waals surface area contributed by atoms with Crippen molar-refractivity contribution in [2.75, 3.05) is 13.1 Å². The van der Waals surface area contributed by atoms with Crippen LogP contribution in [0.1, 0.15) is 72.6 Å². The van der Waals surface area contributed by atoms with Gasteiger partial charge in [-0.1, -0.05) is 80.6 Å². The Bertz CT molecular complexity index is 1590. The van der Waals surface area contributed by atoms with Crippen LogP contribution in [0.4, 0.5) is 0 Å². The molecule has 11 nitrogen and oxygen atoms in total. The van der Waals surface area contributed by atoms with E-state index in [1.54, 1.807) is 48.2 Å². The highest BCUT2D eigenvalue weighted by atomic mass is 16.3. The summed E-state index contributed by atoms with van der Waals surface area (Å²) in [4.78, 5) is 68.8. The summed E-state index contributed by atoms with van der Waals surface area (Å²) in [6.45, 7) is 6.52. The number of carbonyl (C=O) groups is 5. The number of carbonyl (C=O) groups excluding carboxylic acids is 5. The molecule has 0 aliphatic carbocycles. The Morgan fingerprint density at radius 1 is 0.780 bits per heavy atom. The average molecular weight is 684 g/mol. The van der Waals surface area contributed by atoms with Gasteiger partial charge >= 0.3 is 0 Å². The van der Waals surface area contributed by atoms with Crippen molar-refractivity contribution in [2.45, 2.75) is 84.2 Å². The molecule has 0 aromatic heterocycles. The zero-order valence-electron chi connectivity index (χ0n) is 29.1. The SMILES string of the molecule is CC(C)C[C@@H]1NC(=O)[C@@H](Cc2ccccc2)NC(=O)c2ccc(cc2)CN(C(=O)Cc2ccc(CO)cc2)CCCCNC(=O)[C@@H](C)NC1=O. The Morgan fingerprint density at radius 3 is 2.10 bits per heavy atom. The van der Waals surface area contributed by atoms with Gasteiger partial charge in [-0.15, -0.1) is 0 Å². The number of aliphatic hydroxyl groups is 1. The topological polar surface area (TPSA) is 157 Å². The maximum atomic E-state index is 13.7. The number of aliphatic hydroxyl groups excluding tert-OH is 1. The van der Waals surface area contributed by atoms with Crippen molar-refractivity contribution in [3.8, 4) is 0 Å². The van der Waals surface area contributed by atoms with Crippen LogP contribution in [0.25, 0.3) is 0 Å². The first-order chi connectivity index (χ1) is 24.0. The molecule has 2 aliphatic rings. The van der Waals surface area contributed by atoms with E-state index in [1.807, 2.05) is 56.3 Å². The highest BCUT2D eigenvalue weighted by molar-refractivity contribution is 5.99. The van der Waals surface area contributed by atoms with Gasteiger partial charge < -0.3 is 31.3 Å². The van der Waals surface area contributed by atoms with E-state index in [0.29, 0.717) is 44.5 Å². The van der Waals surface area contributed by atoms with Crippen LogP contribution in [-0.4, -0.2) is 70.8 Å². The van der Waals surface area contributed by atoms with E-state index in [0.717, 1.165) is 22.3 Å². The molecule has 2 bridgehead atoms. The van der Waals surface area contributed by atoms with Crippen molar-refractivity contribution in [3.05, 3.63) is 107 Å². The summed E-state index contributed by atoms with van der Waals surface area (Å²) < 4.78 is 0. The van der Waals surface area contributed by atoms with E-state index < -0.39 is 35.8 Å². The fourth-order valence-corrected chi connectivity index (χ4v) is 5.77. The maximum absolute atomic E-state index is 13.7. The second-order valence-electron chi connectivity index (χ2n) is 13.3. The quantitative estimate of drug-likeness (QED) is 0.241. The Kier molecular flexibility index (Phi) is 14.1. The number of nitrogens with zero attached hydrogens (tertiary/aromatic N) is 1. The fraction of sp³-hybridized carbons (Fsp3) is 0.410. The van der Waals surface area contributed by atoms with Crippen LogP contribution in [0, 0.1) is 5.92 Å². The normalized spacial score (nSPS) is 19.9. The monoisotopic (exact) mass is 683 g/mol. The summed E-state index contributed by atoms with van der Waals surface area (Å²) in [6, 6.07) is 20.7.